The van der Waals surface area contributed by atoms with Gasteiger partial charge in [0.1, 0.15) is 0 Å². The SMILES string of the molecule is Cc1ccccc1CNC(=O)c1nccnc1N. The minimum atomic E-state index is -0.316. The van der Waals surface area contributed by atoms with Gasteiger partial charge >= 0.3 is 0 Å². The lowest BCUT2D eigenvalue weighted by Crippen LogP contribution is -2.25. The number of anilines is 1. The van der Waals surface area contributed by atoms with Crippen LogP contribution >= 0.6 is 0 Å². The van der Waals surface area contributed by atoms with Gasteiger partial charge in [0.15, 0.2) is 11.5 Å². The summed E-state index contributed by atoms with van der Waals surface area (Å²) in [5.41, 5.74) is 7.94. The Balaban J connectivity index is 2.06. The van der Waals surface area contributed by atoms with Crippen molar-refractivity contribution in [1.29, 1.82) is 0 Å². The molecule has 0 saturated carbocycles. The number of carbonyl (C=O) groups is 1. The Labute approximate surface area is 105 Å². The van der Waals surface area contributed by atoms with Crippen LogP contribution in [0.4, 0.5) is 5.82 Å². The smallest absolute Gasteiger partial charge is 0.273 e. The van der Waals surface area contributed by atoms with Gasteiger partial charge in [0.2, 0.25) is 0 Å². The largest absolute Gasteiger partial charge is 0.382 e. The van der Waals surface area contributed by atoms with E-state index >= 15 is 0 Å². The quantitative estimate of drug-likeness (QED) is 0.850. The molecular formula is C13H14N4O. The fourth-order valence-electron chi connectivity index (χ4n) is 1.59. The number of nitrogens with two attached hydrogens (primary N) is 1. The first-order valence-electron chi connectivity index (χ1n) is 5.57. The highest BCUT2D eigenvalue weighted by atomic mass is 16.1. The fraction of sp³-hybridized carbons (Fsp3) is 0.154. The van der Waals surface area contributed by atoms with Gasteiger partial charge in [-0.05, 0) is 18.1 Å². The average molecular weight is 242 g/mol. The molecule has 3 N–H and O–H groups in total. The van der Waals surface area contributed by atoms with E-state index in [9.17, 15) is 4.79 Å². The average Bonchev–Trinajstić information content (AvgIpc) is 2.38. The van der Waals surface area contributed by atoms with Crippen molar-refractivity contribution in [2.75, 3.05) is 5.73 Å². The van der Waals surface area contributed by atoms with Crippen LogP contribution in [0.15, 0.2) is 36.7 Å². The summed E-state index contributed by atoms with van der Waals surface area (Å²) in [7, 11) is 0. The van der Waals surface area contributed by atoms with Gasteiger partial charge < -0.3 is 11.1 Å². The number of hydrogen-bond donors (Lipinski definition) is 2. The van der Waals surface area contributed by atoms with Crippen molar-refractivity contribution in [2.24, 2.45) is 0 Å². The lowest BCUT2D eigenvalue weighted by atomic mass is 10.1. The number of amides is 1. The lowest BCUT2D eigenvalue weighted by Gasteiger charge is -2.08. The second-order valence-electron chi connectivity index (χ2n) is 3.90. The highest BCUT2D eigenvalue weighted by Crippen LogP contribution is 2.07. The number of hydrogen-bond acceptors (Lipinski definition) is 4. The predicted octanol–water partition coefficient (Wildman–Crippen LogP) is 1.30. The number of nitrogens with one attached hydrogen (secondary N) is 1. The molecule has 0 spiro atoms. The van der Waals surface area contributed by atoms with Crippen LogP contribution in [-0.4, -0.2) is 15.9 Å². The number of nitrogens with zero attached hydrogens (tertiary/aromatic N) is 2. The van der Waals surface area contributed by atoms with E-state index in [2.05, 4.69) is 15.3 Å². The van der Waals surface area contributed by atoms with E-state index in [4.69, 9.17) is 5.73 Å². The first kappa shape index (κ1) is 12.0. The van der Waals surface area contributed by atoms with E-state index in [1.807, 2.05) is 31.2 Å². The summed E-state index contributed by atoms with van der Waals surface area (Å²) in [5.74, 6) is -0.177. The number of aryl methyl sites for hydroxylation is 1. The molecule has 0 aliphatic heterocycles. The van der Waals surface area contributed by atoms with Crippen molar-refractivity contribution in [3.63, 3.8) is 0 Å². The Morgan fingerprint density at radius 2 is 2.00 bits per heavy atom. The van der Waals surface area contributed by atoms with Crippen molar-refractivity contribution in [3.8, 4) is 0 Å². The molecule has 18 heavy (non-hydrogen) atoms. The molecule has 5 nitrogen and oxygen atoms in total. The Kier molecular flexibility index (Phi) is 3.52. The van der Waals surface area contributed by atoms with E-state index < -0.39 is 0 Å². The van der Waals surface area contributed by atoms with Crippen LogP contribution in [0, 0.1) is 6.92 Å². The minimum absolute atomic E-state index is 0.139. The zero-order valence-electron chi connectivity index (χ0n) is 10.1. The number of aromatic nitrogens is 2. The molecule has 1 heterocycles. The highest BCUT2D eigenvalue weighted by Gasteiger charge is 2.11. The van der Waals surface area contributed by atoms with Gasteiger partial charge in [-0.3, -0.25) is 4.79 Å². The van der Waals surface area contributed by atoms with Crippen LogP contribution in [0.2, 0.25) is 0 Å². The number of benzene rings is 1. The zero-order valence-corrected chi connectivity index (χ0v) is 10.1. The summed E-state index contributed by atoms with van der Waals surface area (Å²) in [6, 6.07) is 7.86. The van der Waals surface area contributed by atoms with Crippen molar-refractivity contribution >= 4 is 11.7 Å². The number of rotatable bonds is 3. The normalized spacial score (nSPS) is 10.1. The molecule has 0 fully saturated rings. The molecule has 0 unspecified atom stereocenters. The highest BCUT2D eigenvalue weighted by molar-refractivity contribution is 5.96. The third-order valence-corrected chi connectivity index (χ3v) is 2.64. The van der Waals surface area contributed by atoms with E-state index in [0.717, 1.165) is 11.1 Å². The van der Waals surface area contributed by atoms with Crippen LogP contribution in [0.25, 0.3) is 0 Å². The molecule has 0 bridgehead atoms. The van der Waals surface area contributed by atoms with Gasteiger partial charge in [0.25, 0.3) is 5.91 Å². The van der Waals surface area contributed by atoms with E-state index in [0.29, 0.717) is 6.54 Å². The fourth-order valence-corrected chi connectivity index (χ4v) is 1.59. The van der Waals surface area contributed by atoms with Gasteiger partial charge in [0.05, 0.1) is 0 Å². The summed E-state index contributed by atoms with van der Waals surface area (Å²) < 4.78 is 0. The van der Waals surface area contributed by atoms with Gasteiger partial charge in [-0.25, -0.2) is 9.97 Å². The molecule has 1 aromatic heterocycles. The van der Waals surface area contributed by atoms with Gasteiger partial charge in [-0.2, -0.15) is 0 Å². The maximum absolute atomic E-state index is 11.9. The zero-order chi connectivity index (χ0) is 13.0. The molecule has 1 amide bonds. The van der Waals surface area contributed by atoms with E-state index in [1.165, 1.54) is 12.4 Å². The Morgan fingerprint density at radius 3 is 2.72 bits per heavy atom. The van der Waals surface area contributed by atoms with Crippen LogP contribution in [0.5, 0.6) is 0 Å². The van der Waals surface area contributed by atoms with Gasteiger partial charge in [-0.1, -0.05) is 24.3 Å². The van der Waals surface area contributed by atoms with Crippen LogP contribution in [0.3, 0.4) is 0 Å². The van der Waals surface area contributed by atoms with Crippen molar-refractivity contribution in [3.05, 3.63) is 53.5 Å². The summed E-state index contributed by atoms with van der Waals surface area (Å²) >= 11 is 0. The Hall–Kier alpha value is -2.43. The second kappa shape index (κ2) is 5.27. The summed E-state index contributed by atoms with van der Waals surface area (Å²) in [4.78, 5) is 19.6. The standard InChI is InChI=1S/C13H14N4O/c1-9-4-2-3-5-10(9)8-17-13(18)11-12(14)16-7-6-15-11/h2-7H,8H2,1H3,(H2,14,16)(H,17,18). The molecule has 0 saturated heterocycles. The molecule has 2 aromatic rings. The molecule has 0 radical (unpaired) electrons. The van der Waals surface area contributed by atoms with Crippen molar-refractivity contribution < 1.29 is 4.79 Å². The second-order valence-corrected chi connectivity index (χ2v) is 3.90. The molecule has 1 aromatic carbocycles. The van der Waals surface area contributed by atoms with Crippen LogP contribution in [0.1, 0.15) is 21.6 Å². The maximum atomic E-state index is 11.9. The third kappa shape index (κ3) is 2.63. The molecule has 0 aliphatic rings. The summed E-state index contributed by atoms with van der Waals surface area (Å²) in [6.45, 7) is 2.44. The van der Waals surface area contributed by atoms with Crippen molar-refractivity contribution in [2.45, 2.75) is 13.5 Å². The molecule has 0 atom stereocenters. The summed E-state index contributed by atoms with van der Waals surface area (Å²) in [6.07, 6.45) is 2.90. The maximum Gasteiger partial charge on any atom is 0.273 e. The monoisotopic (exact) mass is 242 g/mol. The molecular weight excluding hydrogens is 228 g/mol. The molecule has 2 rings (SSSR count). The van der Waals surface area contributed by atoms with Crippen molar-refractivity contribution in [1.82, 2.24) is 15.3 Å². The first-order chi connectivity index (χ1) is 8.68. The van der Waals surface area contributed by atoms with Crippen LogP contribution in [-0.2, 0) is 6.54 Å². The number of nitrogen functional groups attached to an aromatic ring is 1. The molecule has 92 valence electrons. The van der Waals surface area contributed by atoms with Crippen LogP contribution < -0.4 is 11.1 Å². The summed E-state index contributed by atoms with van der Waals surface area (Å²) in [5, 5.41) is 2.78. The van der Waals surface area contributed by atoms with E-state index in [1.54, 1.807) is 0 Å². The third-order valence-electron chi connectivity index (χ3n) is 2.64. The first-order valence-corrected chi connectivity index (χ1v) is 5.57. The Bertz CT molecular complexity index is 568. The van der Waals surface area contributed by atoms with Gasteiger partial charge in [0, 0.05) is 18.9 Å². The minimum Gasteiger partial charge on any atom is -0.382 e. The van der Waals surface area contributed by atoms with E-state index in [-0.39, 0.29) is 17.4 Å². The Morgan fingerprint density at radius 1 is 1.28 bits per heavy atom. The molecule has 5 heteroatoms. The number of carbonyl (C=O) groups excluding carboxylic acids is 1. The lowest BCUT2D eigenvalue weighted by molar-refractivity contribution is 0.0946. The predicted molar refractivity (Wildman–Crippen MR) is 68.8 cm³/mol. The topological polar surface area (TPSA) is 80.9 Å². The van der Waals surface area contributed by atoms with Gasteiger partial charge in [-0.15, -0.1) is 0 Å². The molecule has 0 aliphatic carbocycles.